The molecule has 0 radical (unpaired) electrons. The van der Waals surface area contributed by atoms with Gasteiger partial charge in [-0.1, -0.05) is 6.07 Å². The molecule has 18 heavy (non-hydrogen) atoms. The van der Waals surface area contributed by atoms with Crippen molar-refractivity contribution in [3.8, 4) is 0 Å². The molecule has 0 aliphatic carbocycles. The van der Waals surface area contributed by atoms with Gasteiger partial charge in [-0.25, -0.2) is 0 Å². The Morgan fingerprint density at radius 1 is 1.56 bits per heavy atom. The number of hydrogen-bond donors (Lipinski definition) is 0. The van der Waals surface area contributed by atoms with Crippen molar-refractivity contribution in [2.75, 3.05) is 20.3 Å². The lowest BCUT2D eigenvalue weighted by Gasteiger charge is -2.24. The van der Waals surface area contributed by atoms with E-state index in [1.807, 2.05) is 30.0 Å². The number of pyridine rings is 1. The Hall–Kier alpha value is -1.42. The molecular weight excluding hydrogens is 228 g/mol. The van der Waals surface area contributed by atoms with Crippen LogP contribution in [0.25, 0.3) is 0 Å². The zero-order chi connectivity index (χ0) is 13.0. The van der Waals surface area contributed by atoms with E-state index in [0.717, 1.165) is 30.8 Å². The van der Waals surface area contributed by atoms with Gasteiger partial charge in [0.05, 0.1) is 24.8 Å². The molecule has 0 N–H and O–H groups in total. The maximum atomic E-state index is 12.1. The van der Waals surface area contributed by atoms with E-state index < -0.39 is 0 Å². The number of aromatic nitrogens is 1. The summed E-state index contributed by atoms with van der Waals surface area (Å²) >= 11 is 0. The number of nitrogens with zero attached hydrogens (tertiary/aromatic N) is 2. The number of amides is 1. The summed E-state index contributed by atoms with van der Waals surface area (Å²) in [7, 11) is 1.62. The molecule has 4 nitrogen and oxygen atoms in total. The van der Waals surface area contributed by atoms with Crippen LogP contribution >= 0.6 is 0 Å². The van der Waals surface area contributed by atoms with Gasteiger partial charge in [0.25, 0.3) is 0 Å². The SMILES string of the molecule is COCCC(=O)N1CCCC1c1cccc(C)n1. The van der Waals surface area contributed by atoms with Gasteiger partial charge in [0.2, 0.25) is 5.91 Å². The minimum atomic E-state index is 0.147. The predicted octanol–water partition coefficient (Wildman–Crippen LogP) is 2.09. The van der Waals surface area contributed by atoms with Gasteiger partial charge in [0, 0.05) is 19.3 Å². The van der Waals surface area contributed by atoms with Crippen molar-refractivity contribution in [2.45, 2.75) is 32.2 Å². The fraction of sp³-hybridized carbons (Fsp3) is 0.571. The molecule has 2 rings (SSSR count). The molecule has 1 aromatic heterocycles. The molecule has 1 saturated heterocycles. The van der Waals surface area contributed by atoms with Crippen molar-refractivity contribution in [2.24, 2.45) is 0 Å². The second kappa shape index (κ2) is 5.96. The Morgan fingerprint density at radius 3 is 3.11 bits per heavy atom. The molecule has 0 saturated carbocycles. The third-order valence-electron chi connectivity index (χ3n) is 3.34. The number of aryl methyl sites for hydroxylation is 1. The molecule has 1 aliphatic heterocycles. The minimum absolute atomic E-state index is 0.147. The first-order valence-corrected chi connectivity index (χ1v) is 6.44. The number of ether oxygens (including phenoxy) is 1. The van der Waals surface area contributed by atoms with Gasteiger partial charge in [-0.05, 0) is 31.9 Å². The van der Waals surface area contributed by atoms with Gasteiger partial charge < -0.3 is 9.64 Å². The van der Waals surface area contributed by atoms with Crippen molar-refractivity contribution in [1.82, 2.24) is 9.88 Å². The fourth-order valence-corrected chi connectivity index (χ4v) is 2.46. The summed E-state index contributed by atoms with van der Waals surface area (Å²) in [5.41, 5.74) is 2.02. The van der Waals surface area contributed by atoms with E-state index in [-0.39, 0.29) is 11.9 Å². The highest BCUT2D eigenvalue weighted by molar-refractivity contribution is 5.77. The van der Waals surface area contributed by atoms with Gasteiger partial charge >= 0.3 is 0 Å². The predicted molar refractivity (Wildman–Crippen MR) is 69.2 cm³/mol. The Morgan fingerprint density at radius 2 is 2.39 bits per heavy atom. The molecule has 0 aromatic carbocycles. The topological polar surface area (TPSA) is 42.4 Å². The molecule has 98 valence electrons. The highest BCUT2D eigenvalue weighted by atomic mass is 16.5. The van der Waals surface area contributed by atoms with Crippen molar-refractivity contribution >= 4 is 5.91 Å². The average molecular weight is 248 g/mol. The van der Waals surface area contributed by atoms with Crippen molar-refractivity contribution < 1.29 is 9.53 Å². The molecular formula is C14H20N2O2. The first kappa shape index (κ1) is 13.0. The lowest BCUT2D eigenvalue weighted by Crippen LogP contribution is -2.31. The van der Waals surface area contributed by atoms with Crippen LogP contribution in [0.2, 0.25) is 0 Å². The van der Waals surface area contributed by atoms with E-state index in [2.05, 4.69) is 4.98 Å². The van der Waals surface area contributed by atoms with Gasteiger partial charge in [0.15, 0.2) is 0 Å². The van der Waals surface area contributed by atoms with E-state index >= 15 is 0 Å². The Labute approximate surface area is 108 Å². The van der Waals surface area contributed by atoms with E-state index in [9.17, 15) is 4.79 Å². The largest absolute Gasteiger partial charge is 0.384 e. The molecule has 1 atom stereocenters. The van der Waals surface area contributed by atoms with Crippen LogP contribution < -0.4 is 0 Å². The summed E-state index contributed by atoms with van der Waals surface area (Å²) in [6, 6.07) is 6.15. The number of hydrogen-bond acceptors (Lipinski definition) is 3. The molecule has 0 bridgehead atoms. The van der Waals surface area contributed by atoms with Crippen molar-refractivity contribution in [3.05, 3.63) is 29.6 Å². The number of methoxy groups -OCH3 is 1. The van der Waals surface area contributed by atoms with Gasteiger partial charge in [-0.15, -0.1) is 0 Å². The molecule has 1 aromatic rings. The maximum Gasteiger partial charge on any atom is 0.225 e. The summed E-state index contributed by atoms with van der Waals surface area (Å²) in [6.07, 6.45) is 2.52. The molecule has 1 fully saturated rings. The lowest BCUT2D eigenvalue weighted by molar-refractivity contribution is -0.133. The number of likely N-dealkylation sites (tertiary alicyclic amines) is 1. The summed E-state index contributed by atoms with van der Waals surface area (Å²) in [5.74, 6) is 0.169. The van der Waals surface area contributed by atoms with Crippen LogP contribution in [0.3, 0.4) is 0 Å². The van der Waals surface area contributed by atoms with Crippen LogP contribution in [0, 0.1) is 6.92 Å². The van der Waals surface area contributed by atoms with Crippen LogP contribution in [0.5, 0.6) is 0 Å². The fourth-order valence-electron chi connectivity index (χ4n) is 2.46. The van der Waals surface area contributed by atoms with Crippen LogP contribution in [-0.4, -0.2) is 36.1 Å². The van der Waals surface area contributed by atoms with E-state index in [0.29, 0.717) is 13.0 Å². The second-order valence-electron chi connectivity index (χ2n) is 4.69. The zero-order valence-electron chi connectivity index (χ0n) is 11.1. The molecule has 1 amide bonds. The molecule has 2 heterocycles. The summed E-state index contributed by atoms with van der Waals surface area (Å²) in [4.78, 5) is 18.6. The average Bonchev–Trinajstić information content (AvgIpc) is 2.85. The van der Waals surface area contributed by atoms with E-state index in [1.54, 1.807) is 7.11 Å². The Bertz CT molecular complexity index is 420. The van der Waals surface area contributed by atoms with Crippen LogP contribution in [-0.2, 0) is 9.53 Å². The zero-order valence-corrected chi connectivity index (χ0v) is 11.1. The lowest BCUT2D eigenvalue weighted by atomic mass is 10.1. The number of carbonyl (C=O) groups excluding carboxylic acids is 1. The monoisotopic (exact) mass is 248 g/mol. The van der Waals surface area contributed by atoms with Gasteiger partial charge in [0.1, 0.15) is 0 Å². The van der Waals surface area contributed by atoms with Crippen LogP contribution in [0.15, 0.2) is 18.2 Å². The van der Waals surface area contributed by atoms with Crippen molar-refractivity contribution in [3.63, 3.8) is 0 Å². The molecule has 4 heteroatoms. The Balaban J connectivity index is 2.10. The van der Waals surface area contributed by atoms with E-state index in [1.165, 1.54) is 0 Å². The smallest absolute Gasteiger partial charge is 0.225 e. The van der Waals surface area contributed by atoms with Gasteiger partial charge in [-0.3, -0.25) is 9.78 Å². The summed E-state index contributed by atoms with van der Waals surface area (Å²) < 4.78 is 4.97. The normalized spacial score (nSPS) is 19.2. The summed E-state index contributed by atoms with van der Waals surface area (Å²) in [5, 5.41) is 0. The first-order valence-electron chi connectivity index (χ1n) is 6.44. The van der Waals surface area contributed by atoms with Crippen molar-refractivity contribution in [1.29, 1.82) is 0 Å². The third kappa shape index (κ3) is 2.88. The highest BCUT2D eigenvalue weighted by Crippen LogP contribution is 2.31. The highest BCUT2D eigenvalue weighted by Gasteiger charge is 2.30. The van der Waals surface area contributed by atoms with Crippen LogP contribution in [0.1, 0.15) is 36.7 Å². The number of rotatable bonds is 4. The Kier molecular flexibility index (Phi) is 4.31. The second-order valence-corrected chi connectivity index (χ2v) is 4.69. The standard InChI is InChI=1S/C14H20N2O2/c1-11-5-3-6-12(15-11)13-7-4-9-16(13)14(17)8-10-18-2/h3,5-6,13H,4,7-10H2,1-2H3. The summed E-state index contributed by atoms with van der Waals surface area (Å²) in [6.45, 7) is 3.31. The molecule has 1 aliphatic rings. The van der Waals surface area contributed by atoms with Gasteiger partial charge in [-0.2, -0.15) is 0 Å². The maximum absolute atomic E-state index is 12.1. The number of carbonyl (C=O) groups is 1. The first-order chi connectivity index (χ1) is 8.72. The molecule has 0 spiro atoms. The molecule has 1 unspecified atom stereocenters. The third-order valence-corrected chi connectivity index (χ3v) is 3.34. The minimum Gasteiger partial charge on any atom is -0.384 e. The van der Waals surface area contributed by atoms with Crippen LogP contribution in [0.4, 0.5) is 0 Å². The van der Waals surface area contributed by atoms with E-state index in [4.69, 9.17) is 4.74 Å². The quantitative estimate of drug-likeness (QED) is 0.819.